The zero-order valence-electron chi connectivity index (χ0n) is 12.9. The lowest BCUT2D eigenvalue weighted by molar-refractivity contribution is 0.749. The van der Waals surface area contributed by atoms with E-state index in [1.807, 2.05) is 43.7 Å². The van der Waals surface area contributed by atoms with E-state index in [0.717, 1.165) is 23.2 Å². The summed E-state index contributed by atoms with van der Waals surface area (Å²) in [6, 6.07) is 3.88. The number of hydrogen-bond acceptors (Lipinski definition) is 5. The molecule has 0 aliphatic heterocycles. The van der Waals surface area contributed by atoms with Crippen LogP contribution in [-0.2, 0) is 6.54 Å². The van der Waals surface area contributed by atoms with E-state index in [0.29, 0.717) is 23.7 Å². The Bertz CT molecular complexity index is 868. The van der Waals surface area contributed by atoms with Crippen LogP contribution in [0.25, 0.3) is 22.2 Å². The molecule has 1 N–H and O–H groups in total. The van der Waals surface area contributed by atoms with Gasteiger partial charge in [0.15, 0.2) is 0 Å². The van der Waals surface area contributed by atoms with Gasteiger partial charge in [0.2, 0.25) is 5.95 Å². The van der Waals surface area contributed by atoms with Gasteiger partial charge >= 0.3 is 0 Å². The number of pyridine rings is 1. The highest BCUT2D eigenvalue weighted by atomic mass is 32.1. The summed E-state index contributed by atoms with van der Waals surface area (Å²) in [5.41, 5.74) is 3.22. The fourth-order valence-corrected chi connectivity index (χ4v) is 3.20. The fraction of sp³-hybridized carbons (Fsp3) is 0.312. The summed E-state index contributed by atoms with van der Waals surface area (Å²) in [6.07, 6.45) is 0. The molecule has 0 spiro atoms. The van der Waals surface area contributed by atoms with Gasteiger partial charge in [-0.25, -0.2) is 4.98 Å². The molecule has 3 aromatic heterocycles. The highest BCUT2D eigenvalue weighted by Gasteiger charge is 2.14. The van der Waals surface area contributed by atoms with Gasteiger partial charge in [-0.2, -0.15) is 16.3 Å². The topological polar surface area (TPSA) is 59.8 Å². The molecule has 0 fully saturated rings. The van der Waals surface area contributed by atoms with Crippen LogP contribution in [-0.4, -0.2) is 21.1 Å². The number of aromatic nitrogens is 3. The summed E-state index contributed by atoms with van der Waals surface area (Å²) in [6.45, 7) is 7.23. The zero-order chi connectivity index (χ0) is 15.7. The smallest absolute Gasteiger partial charge is 0.260 e. The summed E-state index contributed by atoms with van der Waals surface area (Å²) >= 11 is 1.59. The Kier molecular flexibility index (Phi) is 3.94. The largest absolute Gasteiger partial charge is 0.354 e. The van der Waals surface area contributed by atoms with E-state index in [2.05, 4.69) is 15.3 Å². The summed E-state index contributed by atoms with van der Waals surface area (Å²) in [7, 11) is 0. The van der Waals surface area contributed by atoms with Gasteiger partial charge in [0.25, 0.3) is 5.56 Å². The molecule has 0 bridgehead atoms. The highest BCUT2D eigenvalue weighted by Crippen LogP contribution is 2.24. The Hall–Kier alpha value is -2.21. The van der Waals surface area contributed by atoms with Crippen molar-refractivity contribution in [1.29, 1.82) is 0 Å². The van der Waals surface area contributed by atoms with Crippen molar-refractivity contribution in [3.05, 3.63) is 38.9 Å². The molecule has 0 aliphatic rings. The molecule has 5 nitrogen and oxygen atoms in total. The molecule has 0 amide bonds. The molecule has 6 heteroatoms. The Morgan fingerprint density at radius 3 is 2.77 bits per heavy atom. The van der Waals surface area contributed by atoms with Crippen molar-refractivity contribution < 1.29 is 0 Å². The molecule has 0 unspecified atom stereocenters. The van der Waals surface area contributed by atoms with Gasteiger partial charge in [-0.15, -0.1) is 0 Å². The summed E-state index contributed by atoms with van der Waals surface area (Å²) < 4.78 is 1.72. The minimum Gasteiger partial charge on any atom is -0.354 e. The SMILES string of the molecule is CCNc1nc(C)c2cc(-c3ccsc3)c(=O)n(CC)c2n1. The van der Waals surface area contributed by atoms with Gasteiger partial charge in [0, 0.05) is 24.0 Å². The minimum atomic E-state index is -0.00560. The van der Waals surface area contributed by atoms with E-state index >= 15 is 0 Å². The maximum absolute atomic E-state index is 12.8. The Balaban J connectivity index is 2.36. The third-order valence-corrected chi connectivity index (χ3v) is 4.30. The number of nitrogens with one attached hydrogen (secondary N) is 1. The summed E-state index contributed by atoms with van der Waals surface area (Å²) in [5.74, 6) is 0.567. The number of nitrogens with zero attached hydrogens (tertiary/aromatic N) is 3. The van der Waals surface area contributed by atoms with Crippen LogP contribution in [0.2, 0.25) is 0 Å². The molecule has 0 radical (unpaired) electrons. The van der Waals surface area contributed by atoms with Crippen LogP contribution in [0.1, 0.15) is 19.5 Å². The molecular weight excluding hydrogens is 296 g/mol. The quantitative estimate of drug-likeness (QED) is 0.803. The molecule has 0 aliphatic carbocycles. The highest BCUT2D eigenvalue weighted by molar-refractivity contribution is 7.08. The second-order valence-electron chi connectivity index (χ2n) is 5.02. The standard InChI is InChI=1S/C16H18N4OS/c1-4-17-16-18-10(3)12-8-13(11-6-7-22-9-11)15(21)20(5-2)14(12)19-16/h6-9H,4-5H2,1-3H3,(H,17,18,19). The van der Waals surface area contributed by atoms with Crippen LogP contribution in [0, 0.1) is 6.92 Å². The number of aryl methyl sites for hydroxylation is 2. The van der Waals surface area contributed by atoms with Crippen LogP contribution >= 0.6 is 11.3 Å². The fourth-order valence-electron chi connectivity index (χ4n) is 2.54. The van der Waals surface area contributed by atoms with Crippen LogP contribution < -0.4 is 10.9 Å². The molecule has 0 saturated heterocycles. The minimum absolute atomic E-state index is 0.00560. The first-order valence-corrected chi connectivity index (χ1v) is 8.28. The number of thiophene rings is 1. The number of hydrogen-bond donors (Lipinski definition) is 1. The van der Waals surface area contributed by atoms with E-state index in [1.54, 1.807) is 15.9 Å². The first-order chi connectivity index (χ1) is 10.7. The van der Waals surface area contributed by atoms with Gasteiger partial charge in [-0.3, -0.25) is 9.36 Å². The van der Waals surface area contributed by atoms with Crippen molar-refractivity contribution in [2.24, 2.45) is 0 Å². The third kappa shape index (κ3) is 2.39. The van der Waals surface area contributed by atoms with E-state index in [4.69, 9.17) is 0 Å². The van der Waals surface area contributed by atoms with Crippen molar-refractivity contribution in [2.45, 2.75) is 27.3 Å². The van der Waals surface area contributed by atoms with Crippen LogP contribution in [0.5, 0.6) is 0 Å². The van der Waals surface area contributed by atoms with Crippen LogP contribution in [0.15, 0.2) is 27.7 Å². The summed E-state index contributed by atoms with van der Waals surface area (Å²) in [5, 5.41) is 8.01. The monoisotopic (exact) mass is 314 g/mol. The van der Waals surface area contributed by atoms with E-state index < -0.39 is 0 Å². The predicted octanol–water partition coefficient (Wildman–Crippen LogP) is 3.28. The van der Waals surface area contributed by atoms with Crippen molar-refractivity contribution in [1.82, 2.24) is 14.5 Å². The first kappa shape index (κ1) is 14.7. The zero-order valence-corrected chi connectivity index (χ0v) is 13.7. The lowest BCUT2D eigenvalue weighted by Crippen LogP contribution is -2.23. The maximum atomic E-state index is 12.8. The van der Waals surface area contributed by atoms with Crippen molar-refractivity contribution in [3.63, 3.8) is 0 Å². The number of fused-ring (bicyclic) bond motifs is 1. The molecule has 3 heterocycles. The predicted molar refractivity (Wildman–Crippen MR) is 91.7 cm³/mol. The van der Waals surface area contributed by atoms with Crippen molar-refractivity contribution in [3.8, 4) is 11.1 Å². The van der Waals surface area contributed by atoms with Gasteiger partial charge in [0.05, 0.1) is 5.69 Å². The Morgan fingerprint density at radius 1 is 1.32 bits per heavy atom. The van der Waals surface area contributed by atoms with Gasteiger partial charge < -0.3 is 5.32 Å². The number of rotatable bonds is 4. The molecular formula is C16H18N4OS. The average Bonchev–Trinajstić information content (AvgIpc) is 3.01. The molecule has 0 saturated carbocycles. The maximum Gasteiger partial charge on any atom is 0.260 e. The molecule has 0 aromatic carbocycles. The van der Waals surface area contributed by atoms with Crippen molar-refractivity contribution >= 4 is 28.3 Å². The molecule has 3 rings (SSSR count). The second-order valence-corrected chi connectivity index (χ2v) is 5.80. The molecule has 22 heavy (non-hydrogen) atoms. The number of anilines is 1. The lowest BCUT2D eigenvalue weighted by Gasteiger charge is -2.13. The Morgan fingerprint density at radius 2 is 2.14 bits per heavy atom. The van der Waals surface area contributed by atoms with Gasteiger partial charge in [0.1, 0.15) is 5.65 Å². The van der Waals surface area contributed by atoms with Crippen LogP contribution in [0.4, 0.5) is 5.95 Å². The Labute approximate surface area is 132 Å². The normalized spacial score (nSPS) is 11.0. The van der Waals surface area contributed by atoms with E-state index in [-0.39, 0.29) is 5.56 Å². The molecule has 0 atom stereocenters. The van der Waals surface area contributed by atoms with E-state index in [1.165, 1.54) is 0 Å². The molecule has 114 valence electrons. The second kappa shape index (κ2) is 5.88. The summed E-state index contributed by atoms with van der Waals surface area (Å²) in [4.78, 5) is 21.8. The van der Waals surface area contributed by atoms with E-state index in [9.17, 15) is 4.79 Å². The van der Waals surface area contributed by atoms with Gasteiger partial charge in [-0.1, -0.05) is 0 Å². The third-order valence-electron chi connectivity index (χ3n) is 3.62. The molecule has 3 aromatic rings. The lowest BCUT2D eigenvalue weighted by atomic mass is 10.1. The van der Waals surface area contributed by atoms with Crippen LogP contribution in [0.3, 0.4) is 0 Å². The average molecular weight is 314 g/mol. The van der Waals surface area contributed by atoms with Gasteiger partial charge in [-0.05, 0) is 49.2 Å². The first-order valence-electron chi connectivity index (χ1n) is 7.34. The van der Waals surface area contributed by atoms with Crippen molar-refractivity contribution in [2.75, 3.05) is 11.9 Å².